The molecule has 22 heavy (non-hydrogen) atoms. The molecule has 1 heterocycles. The van der Waals surface area contributed by atoms with Crippen LogP contribution >= 0.6 is 11.6 Å². The van der Waals surface area contributed by atoms with E-state index >= 15 is 0 Å². The van der Waals surface area contributed by atoms with Gasteiger partial charge in [-0.15, -0.1) is 0 Å². The fraction of sp³-hybridized carbons (Fsp3) is 0.267. The Morgan fingerprint density at radius 1 is 1.27 bits per heavy atom. The van der Waals surface area contributed by atoms with Crippen molar-refractivity contribution in [3.8, 4) is 0 Å². The fourth-order valence-electron chi connectivity index (χ4n) is 1.96. The first-order valence-corrected chi connectivity index (χ1v) is 7.25. The molecule has 2 N–H and O–H groups in total. The lowest BCUT2D eigenvalue weighted by Gasteiger charge is -2.08. The van der Waals surface area contributed by atoms with E-state index in [2.05, 4.69) is 15.7 Å². The minimum atomic E-state index is -0.325. The predicted molar refractivity (Wildman–Crippen MR) is 85.1 cm³/mol. The number of nitrogens with zero attached hydrogens (tertiary/aromatic N) is 2. The van der Waals surface area contributed by atoms with Crippen molar-refractivity contribution in [1.82, 2.24) is 15.1 Å². The molecule has 0 unspecified atom stereocenters. The third kappa shape index (κ3) is 4.08. The van der Waals surface area contributed by atoms with Crippen molar-refractivity contribution in [2.45, 2.75) is 20.4 Å². The molecule has 0 saturated heterocycles. The second-order valence-electron chi connectivity index (χ2n) is 4.72. The Morgan fingerprint density at radius 2 is 1.95 bits per heavy atom. The van der Waals surface area contributed by atoms with E-state index in [1.54, 1.807) is 35.0 Å². The molecule has 1 aromatic heterocycles. The zero-order valence-electron chi connectivity index (χ0n) is 12.4. The largest absolute Gasteiger partial charge is 0.342 e. The van der Waals surface area contributed by atoms with E-state index in [1.807, 2.05) is 13.8 Å². The lowest BCUT2D eigenvalue weighted by atomic mass is 10.3. The number of anilines is 1. The third-order valence-corrected chi connectivity index (χ3v) is 3.22. The molecule has 1 aromatic carbocycles. The van der Waals surface area contributed by atoms with E-state index in [1.165, 1.54) is 0 Å². The van der Waals surface area contributed by atoms with Gasteiger partial charge in [0.15, 0.2) is 0 Å². The number of aromatic nitrogens is 2. The van der Waals surface area contributed by atoms with Crippen LogP contribution in [0.5, 0.6) is 0 Å². The molecule has 0 aliphatic rings. The maximum atomic E-state index is 12.1. The van der Waals surface area contributed by atoms with Gasteiger partial charge in [-0.25, -0.2) is 0 Å². The van der Waals surface area contributed by atoms with E-state index < -0.39 is 0 Å². The fourth-order valence-corrected chi connectivity index (χ4v) is 2.08. The van der Waals surface area contributed by atoms with Crippen LogP contribution in [0.15, 0.2) is 30.3 Å². The Morgan fingerprint density at radius 3 is 2.59 bits per heavy atom. The lowest BCUT2D eigenvalue weighted by molar-refractivity contribution is -0.115. The molecule has 2 amide bonds. The van der Waals surface area contributed by atoms with Crippen LogP contribution in [-0.2, 0) is 11.3 Å². The number of amides is 2. The molecule has 0 atom stereocenters. The molecule has 0 aliphatic carbocycles. The number of hydrogen-bond acceptors (Lipinski definition) is 3. The number of carbonyl (C=O) groups excluding carboxylic acids is 2. The van der Waals surface area contributed by atoms with E-state index in [9.17, 15) is 9.59 Å². The van der Waals surface area contributed by atoms with E-state index in [-0.39, 0.29) is 18.4 Å². The smallest absolute Gasteiger partial charge is 0.269 e. The van der Waals surface area contributed by atoms with Crippen LogP contribution in [-0.4, -0.2) is 28.1 Å². The Labute approximate surface area is 133 Å². The topological polar surface area (TPSA) is 76.0 Å². The molecule has 6 nitrogen and oxygen atoms in total. The molecule has 0 saturated carbocycles. The van der Waals surface area contributed by atoms with Crippen molar-refractivity contribution < 1.29 is 9.59 Å². The van der Waals surface area contributed by atoms with Crippen molar-refractivity contribution in [1.29, 1.82) is 0 Å². The maximum Gasteiger partial charge on any atom is 0.269 e. The van der Waals surface area contributed by atoms with Gasteiger partial charge in [0, 0.05) is 17.3 Å². The van der Waals surface area contributed by atoms with Gasteiger partial charge < -0.3 is 10.6 Å². The summed E-state index contributed by atoms with van der Waals surface area (Å²) >= 11 is 5.77. The highest BCUT2D eigenvalue weighted by molar-refractivity contribution is 6.30. The lowest BCUT2D eigenvalue weighted by Crippen LogP contribution is -2.34. The van der Waals surface area contributed by atoms with Crippen LogP contribution in [0.25, 0.3) is 0 Å². The van der Waals surface area contributed by atoms with Gasteiger partial charge in [-0.2, -0.15) is 5.10 Å². The van der Waals surface area contributed by atoms with E-state index in [0.29, 0.717) is 22.9 Å². The molecule has 116 valence electrons. The van der Waals surface area contributed by atoms with Crippen molar-refractivity contribution in [3.05, 3.63) is 46.7 Å². The monoisotopic (exact) mass is 320 g/mol. The molecule has 0 radical (unpaired) electrons. The van der Waals surface area contributed by atoms with Gasteiger partial charge in [0.05, 0.1) is 12.2 Å². The van der Waals surface area contributed by atoms with Crippen LogP contribution in [0, 0.1) is 6.92 Å². The van der Waals surface area contributed by atoms with Crippen molar-refractivity contribution in [2.75, 3.05) is 11.9 Å². The van der Waals surface area contributed by atoms with Gasteiger partial charge in [-0.05, 0) is 44.2 Å². The summed E-state index contributed by atoms with van der Waals surface area (Å²) in [6.45, 7) is 4.19. The summed E-state index contributed by atoms with van der Waals surface area (Å²) in [7, 11) is 0. The minimum Gasteiger partial charge on any atom is -0.342 e. The highest BCUT2D eigenvalue weighted by atomic mass is 35.5. The average Bonchev–Trinajstić information content (AvgIpc) is 2.88. The first-order valence-electron chi connectivity index (χ1n) is 6.87. The quantitative estimate of drug-likeness (QED) is 0.887. The van der Waals surface area contributed by atoms with Crippen molar-refractivity contribution >= 4 is 29.1 Å². The Kier molecular flexibility index (Phi) is 5.16. The summed E-state index contributed by atoms with van der Waals surface area (Å²) in [4.78, 5) is 23.9. The zero-order valence-corrected chi connectivity index (χ0v) is 13.1. The second kappa shape index (κ2) is 7.09. The number of nitrogens with one attached hydrogen (secondary N) is 2. The zero-order chi connectivity index (χ0) is 16.1. The van der Waals surface area contributed by atoms with E-state index in [0.717, 1.165) is 5.69 Å². The van der Waals surface area contributed by atoms with Gasteiger partial charge in [0.1, 0.15) is 5.69 Å². The highest BCUT2D eigenvalue weighted by Gasteiger charge is 2.14. The molecular formula is C15H17ClN4O2. The summed E-state index contributed by atoms with van der Waals surface area (Å²) < 4.78 is 1.60. The first kappa shape index (κ1) is 16.0. The third-order valence-electron chi connectivity index (χ3n) is 2.97. The molecule has 0 fully saturated rings. The maximum absolute atomic E-state index is 12.1. The summed E-state index contributed by atoms with van der Waals surface area (Å²) in [5, 5.41) is 10.0. The minimum absolute atomic E-state index is 0.116. The van der Waals surface area contributed by atoms with Gasteiger partial charge in [-0.3, -0.25) is 14.3 Å². The SMILES string of the molecule is CCn1nc(C)cc1C(=O)NCC(=O)Nc1ccc(Cl)cc1. The first-order chi connectivity index (χ1) is 10.5. The molecule has 0 spiro atoms. The average molecular weight is 321 g/mol. The number of halogens is 1. The summed E-state index contributed by atoms with van der Waals surface area (Å²) in [5.41, 5.74) is 1.83. The van der Waals surface area contributed by atoms with Crippen molar-refractivity contribution in [2.24, 2.45) is 0 Å². The van der Waals surface area contributed by atoms with Crippen molar-refractivity contribution in [3.63, 3.8) is 0 Å². The Balaban J connectivity index is 1.90. The van der Waals surface area contributed by atoms with Crippen LogP contribution in [0.2, 0.25) is 5.02 Å². The molecule has 7 heteroatoms. The summed E-state index contributed by atoms with van der Waals surface area (Å²) in [6.07, 6.45) is 0. The van der Waals surface area contributed by atoms with Gasteiger partial charge in [0.25, 0.3) is 5.91 Å². The van der Waals surface area contributed by atoms with Gasteiger partial charge in [-0.1, -0.05) is 11.6 Å². The number of benzene rings is 1. The molecule has 2 rings (SSSR count). The molecular weight excluding hydrogens is 304 g/mol. The number of carbonyl (C=O) groups is 2. The Hall–Kier alpha value is -2.34. The normalized spacial score (nSPS) is 10.3. The van der Waals surface area contributed by atoms with Crippen LogP contribution in [0.1, 0.15) is 23.1 Å². The van der Waals surface area contributed by atoms with Crippen LogP contribution in [0.3, 0.4) is 0 Å². The predicted octanol–water partition coefficient (Wildman–Crippen LogP) is 2.23. The summed E-state index contributed by atoms with van der Waals surface area (Å²) in [5.74, 6) is -0.635. The van der Waals surface area contributed by atoms with E-state index in [4.69, 9.17) is 11.6 Å². The van der Waals surface area contributed by atoms with Crippen LogP contribution < -0.4 is 10.6 Å². The van der Waals surface area contributed by atoms with Gasteiger partial charge >= 0.3 is 0 Å². The van der Waals surface area contributed by atoms with Crippen LogP contribution in [0.4, 0.5) is 5.69 Å². The highest BCUT2D eigenvalue weighted by Crippen LogP contribution is 2.13. The number of rotatable bonds is 5. The summed E-state index contributed by atoms with van der Waals surface area (Å²) in [6, 6.07) is 8.43. The second-order valence-corrected chi connectivity index (χ2v) is 5.16. The number of aryl methyl sites for hydroxylation is 2. The van der Waals surface area contributed by atoms with Gasteiger partial charge in [0.2, 0.25) is 5.91 Å². The Bertz CT molecular complexity index is 679. The number of hydrogen-bond donors (Lipinski definition) is 2. The standard InChI is InChI=1S/C15H17ClN4O2/c1-3-20-13(8-10(2)19-20)15(22)17-9-14(21)18-12-6-4-11(16)5-7-12/h4-8H,3,9H2,1-2H3,(H,17,22)(H,18,21). The molecule has 0 aliphatic heterocycles. The molecule has 2 aromatic rings. The molecule has 0 bridgehead atoms.